The van der Waals surface area contributed by atoms with Crippen LogP contribution in [0.2, 0.25) is 5.04 Å². The van der Waals surface area contributed by atoms with E-state index in [0.717, 1.165) is 35.0 Å². The van der Waals surface area contributed by atoms with Gasteiger partial charge in [0.1, 0.15) is 0 Å². The third-order valence-corrected chi connectivity index (χ3v) is 13.3. The summed E-state index contributed by atoms with van der Waals surface area (Å²) >= 11 is 0. The second-order valence-corrected chi connectivity index (χ2v) is 16.2. The van der Waals surface area contributed by atoms with Crippen molar-refractivity contribution in [3.05, 3.63) is 109 Å². The molecule has 3 aromatic carbocycles. The summed E-state index contributed by atoms with van der Waals surface area (Å²) in [6.07, 6.45) is 7.39. The molecule has 2 heterocycles. The fourth-order valence-corrected chi connectivity index (χ4v) is 10.9. The molecule has 208 valence electrons. The van der Waals surface area contributed by atoms with Crippen LogP contribution in [-0.2, 0) is 15.7 Å². The van der Waals surface area contributed by atoms with Gasteiger partial charge in [0.15, 0.2) is 0 Å². The molecule has 41 heavy (non-hydrogen) atoms. The molecule has 5 aromatic rings. The highest BCUT2D eigenvalue weighted by Gasteiger charge is 2.58. The van der Waals surface area contributed by atoms with Gasteiger partial charge in [0.25, 0.3) is 8.32 Å². The number of fused-ring (bicyclic) bond motifs is 1. The van der Waals surface area contributed by atoms with E-state index in [4.69, 9.17) is 14.1 Å². The lowest BCUT2D eigenvalue weighted by Gasteiger charge is -2.45. The fraction of sp³-hybridized carbons (Fsp3) is 0.265. The Morgan fingerprint density at radius 3 is 2.15 bits per heavy atom. The summed E-state index contributed by atoms with van der Waals surface area (Å²) in [5.74, 6) is -0.389. The maximum absolute atomic E-state index is 12.5. The number of carbonyl (C=O) groups is 1. The summed E-state index contributed by atoms with van der Waals surface area (Å²) in [5, 5.41) is 2.44. The van der Waals surface area contributed by atoms with Gasteiger partial charge < -0.3 is 13.7 Å². The third-order valence-electron chi connectivity index (χ3n) is 8.16. The molecule has 0 aliphatic heterocycles. The minimum atomic E-state index is -2.73. The molecule has 0 amide bonds. The van der Waals surface area contributed by atoms with E-state index in [-0.39, 0.29) is 16.6 Å². The number of carbonyl (C=O) groups excluding carboxylic acids is 1. The van der Waals surface area contributed by atoms with Crippen LogP contribution in [0.25, 0.3) is 22.2 Å². The van der Waals surface area contributed by atoms with Crippen molar-refractivity contribution in [3.63, 3.8) is 0 Å². The molecule has 6 rings (SSSR count). The van der Waals surface area contributed by atoms with Gasteiger partial charge in [0.2, 0.25) is 0 Å². The van der Waals surface area contributed by atoms with Gasteiger partial charge >= 0.3 is 5.97 Å². The van der Waals surface area contributed by atoms with E-state index in [1.54, 1.807) is 12.3 Å². The Bertz CT molecular complexity index is 1640. The molecule has 0 spiro atoms. The number of hydrogen-bond donors (Lipinski definition) is 0. The molecule has 0 saturated heterocycles. The largest absolute Gasteiger partial charge is 0.465 e. The Morgan fingerprint density at radius 2 is 1.61 bits per heavy atom. The molecule has 6 nitrogen and oxygen atoms in total. The molecule has 1 fully saturated rings. The van der Waals surface area contributed by atoms with Crippen molar-refractivity contribution in [1.29, 1.82) is 0 Å². The second-order valence-electron chi connectivity index (χ2n) is 11.9. The van der Waals surface area contributed by atoms with E-state index < -0.39 is 8.32 Å². The zero-order chi connectivity index (χ0) is 28.7. The monoisotopic (exact) mass is 561 g/mol. The summed E-state index contributed by atoms with van der Waals surface area (Å²) in [6, 6.07) is 29.2. The van der Waals surface area contributed by atoms with Gasteiger partial charge in [-0.15, -0.1) is 0 Å². The highest BCUT2D eigenvalue weighted by molar-refractivity contribution is 6.99. The first-order chi connectivity index (χ1) is 19.8. The van der Waals surface area contributed by atoms with Crippen molar-refractivity contribution >= 4 is 35.7 Å². The molecule has 7 heteroatoms. The van der Waals surface area contributed by atoms with Crippen LogP contribution < -0.4 is 10.4 Å². The van der Waals surface area contributed by atoms with Crippen molar-refractivity contribution in [2.24, 2.45) is 0 Å². The van der Waals surface area contributed by atoms with Crippen LogP contribution in [-0.4, -0.2) is 41.5 Å². The Morgan fingerprint density at radius 1 is 0.951 bits per heavy atom. The van der Waals surface area contributed by atoms with Crippen molar-refractivity contribution in [2.75, 3.05) is 7.11 Å². The molecule has 0 unspecified atom stereocenters. The summed E-state index contributed by atoms with van der Waals surface area (Å²) in [4.78, 5) is 21.6. The minimum Gasteiger partial charge on any atom is -0.465 e. The Labute approximate surface area is 242 Å². The Hall–Kier alpha value is -4.07. The zero-order valence-electron chi connectivity index (χ0n) is 24.0. The van der Waals surface area contributed by atoms with Gasteiger partial charge in [0, 0.05) is 23.5 Å². The molecule has 0 N–H and O–H groups in total. The van der Waals surface area contributed by atoms with Crippen molar-refractivity contribution in [3.8, 4) is 11.1 Å². The predicted molar refractivity (Wildman–Crippen MR) is 165 cm³/mol. The van der Waals surface area contributed by atoms with E-state index in [9.17, 15) is 4.79 Å². The maximum atomic E-state index is 12.5. The minimum absolute atomic E-state index is 0.113. The first-order valence-electron chi connectivity index (χ1n) is 14.1. The van der Waals surface area contributed by atoms with Crippen LogP contribution in [0.1, 0.15) is 44.0 Å². The fourth-order valence-electron chi connectivity index (χ4n) is 6.02. The molecular weight excluding hydrogens is 526 g/mol. The maximum Gasteiger partial charge on any atom is 0.337 e. The van der Waals surface area contributed by atoms with Crippen molar-refractivity contribution in [1.82, 2.24) is 14.5 Å². The van der Waals surface area contributed by atoms with Crippen LogP contribution in [0.4, 0.5) is 0 Å². The highest BCUT2D eigenvalue weighted by Crippen LogP contribution is 2.49. The van der Waals surface area contributed by atoms with E-state index >= 15 is 0 Å². The molecule has 0 atom stereocenters. The van der Waals surface area contributed by atoms with E-state index in [1.165, 1.54) is 17.5 Å². The number of hydrogen-bond acceptors (Lipinski definition) is 5. The van der Waals surface area contributed by atoms with Gasteiger partial charge in [-0.3, -0.25) is 4.98 Å². The third kappa shape index (κ3) is 4.89. The number of rotatable bonds is 8. The average Bonchev–Trinajstić information content (AvgIpc) is 3.64. The quantitative estimate of drug-likeness (QED) is 0.172. The molecular formula is C34H35N3O3Si. The Kier molecular flexibility index (Phi) is 6.88. The zero-order valence-corrected chi connectivity index (χ0v) is 25.0. The first kappa shape index (κ1) is 27.1. The van der Waals surface area contributed by atoms with Crippen LogP contribution in [0.3, 0.4) is 0 Å². The van der Waals surface area contributed by atoms with Gasteiger partial charge in [-0.1, -0.05) is 87.5 Å². The number of ether oxygens (including phenoxy) is 1. The van der Waals surface area contributed by atoms with Crippen molar-refractivity contribution < 1.29 is 14.0 Å². The van der Waals surface area contributed by atoms with Crippen LogP contribution in [0.5, 0.6) is 0 Å². The van der Waals surface area contributed by atoms with E-state index in [1.807, 2.05) is 30.7 Å². The summed E-state index contributed by atoms with van der Waals surface area (Å²) in [5.41, 5.74) is 3.66. The normalized spacial score (nSPS) is 14.6. The van der Waals surface area contributed by atoms with E-state index in [0.29, 0.717) is 12.1 Å². The highest BCUT2D eigenvalue weighted by atomic mass is 28.4. The summed E-state index contributed by atoms with van der Waals surface area (Å²) in [7, 11) is -1.34. The van der Waals surface area contributed by atoms with Gasteiger partial charge in [-0.2, -0.15) is 0 Å². The topological polar surface area (TPSA) is 66.2 Å². The van der Waals surface area contributed by atoms with Crippen LogP contribution in [0.15, 0.2) is 104 Å². The summed E-state index contributed by atoms with van der Waals surface area (Å²) in [6.45, 7) is 7.61. The Balaban J connectivity index is 1.47. The van der Waals surface area contributed by atoms with Crippen LogP contribution >= 0.6 is 0 Å². The number of nitrogens with zero attached hydrogens (tertiary/aromatic N) is 3. The van der Waals surface area contributed by atoms with Gasteiger partial charge in [0.05, 0.1) is 42.2 Å². The molecule has 1 aliphatic carbocycles. The number of aromatic nitrogens is 3. The second kappa shape index (κ2) is 10.4. The lowest BCUT2D eigenvalue weighted by Crippen LogP contribution is -2.68. The molecule has 1 saturated carbocycles. The van der Waals surface area contributed by atoms with Gasteiger partial charge in [-0.25, -0.2) is 9.78 Å². The van der Waals surface area contributed by atoms with Gasteiger partial charge in [-0.05, 0) is 46.5 Å². The van der Waals surface area contributed by atoms with Crippen LogP contribution in [0, 0.1) is 0 Å². The average molecular weight is 562 g/mol. The smallest absolute Gasteiger partial charge is 0.337 e. The van der Waals surface area contributed by atoms with Crippen molar-refractivity contribution in [2.45, 2.75) is 50.8 Å². The lowest BCUT2D eigenvalue weighted by molar-refractivity contribution is 0.0601. The number of methoxy groups -OCH3 is 1. The SMILES string of the molecule is COC(=O)c1cc(-c2cccnc2)c2c(c1)ncn2CC1(O[Si](c2ccccc2)(c2ccccc2)C(C)(C)C)CC1. The predicted octanol–water partition coefficient (Wildman–Crippen LogP) is 5.99. The molecule has 0 radical (unpaired) electrons. The number of esters is 1. The first-order valence-corrected chi connectivity index (χ1v) is 16.0. The standard InChI is InChI=1S/C34H35N3O3Si/c1-33(2,3)41(27-13-7-5-8-14-27,28-15-9-6-10-16-28)40-34(17-18-34)23-37-24-36-30-21-26(32(38)39-4)20-29(31(30)37)25-12-11-19-35-22-25/h5-16,19-22,24H,17-18,23H2,1-4H3. The molecule has 1 aliphatic rings. The molecule has 2 aromatic heterocycles. The number of pyridine rings is 1. The van der Waals surface area contributed by atoms with E-state index in [2.05, 4.69) is 91.0 Å². The molecule has 0 bridgehead atoms. The lowest BCUT2D eigenvalue weighted by atomic mass is 10.0. The summed E-state index contributed by atoms with van der Waals surface area (Å²) < 4.78 is 14.9. The number of imidazole rings is 1. The number of benzene rings is 3.